The molecule has 0 aliphatic carbocycles. The molecule has 0 spiro atoms. The quantitative estimate of drug-likeness (QED) is 0.517. The number of nitrogens with zero attached hydrogens (tertiary/aromatic N) is 1. The van der Waals surface area contributed by atoms with Crippen LogP contribution in [0.1, 0.15) is 36.9 Å². The maximum Gasteiger partial charge on any atom is 0.310 e. The Hall–Kier alpha value is -1.40. The van der Waals surface area contributed by atoms with E-state index in [0.717, 1.165) is 6.42 Å². The molecule has 0 bridgehead atoms. The Morgan fingerprint density at radius 3 is 2.59 bits per heavy atom. The molecule has 1 rings (SSSR count). The number of carbonyl (C=O) groups excluding carboxylic acids is 2. The van der Waals surface area contributed by atoms with Crippen molar-refractivity contribution in [1.29, 1.82) is 0 Å². The van der Waals surface area contributed by atoms with E-state index < -0.39 is 0 Å². The smallest absolute Gasteiger partial charge is 0.310 e. The van der Waals surface area contributed by atoms with Gasteiger partial charge in [0.2, 0.25) is 0 Å². The fourth-order valence-corrected chi connectivity index (χ4v) is 2.70. The summed E-state index contributed by atoms with van der Waals surface area (Å²) in [5.41, 5.74) is 0. The van der Waals surface area contributed by atoms with Crippen molar-refractivity contribution in [3.8, 4) is 0 Å². The van der Waals surface area contributed by atoms with E-state index in [4.69, 9.17) is 9.47 Å². The topological polar surface area (TPSA) is 55.8 Å². The van der Waals surface area contributed by atoms with Crippen LogP contribution in [-0.2, 0) is 14.3 Å². The Morgan fingerprint density at radius 2 is 2.05 bits per heavy atom. The van der Waals surface area contributed by atoms with Gasteiger partial charge >= 0.3 is 5.97 Å². The zero-order chi connectivity index (χ0) is 16.5. The number of hydrogen-bond acceptors (Lipinski definition) is 5. The summed E-state index contributed by atoms with van der Waals surface area (Å²) in [6, 6.07) is 3.65. The first-order valence-electron chi connectivity index (χ1n) is 7.48. The van der Waals surface area contributed by atoms with Crippen LogP contribution in [0.15, 0.2) is 17.5 Å². The van der Waals surface area contributed by atoms with Gasteiger partial charge in [0.25, 0.3) is 5.91 Å². The molecular weight excluding hydrogens is 302 g/mol. The van der Waals surface area contributed by atoms with Crippen molar-refractivity contribution in [3.63, 3.8) is 0 Å². The molecule has 1 heterocycles. The summed E-state index contributed by atoms with van der Waals surface area (Å²) in [5.74, 6) is -0.697. The van der Waals surface area contributed by atoms with Gasteiger partial charge in [-0.1, -0.05) is 13.0 Å². The van der Waals surface area contributed by atoms with Crippen molar-refractivity contribution in [2.75, 3.05) is 26.8 Å². The van der Waals surface area contributed by atoms with Gasteiger partial charge in [0.15, 0.2) is 0 Å². The lowest BCUT2D eigenvalue weighted by Crippen LogP contribution is -2.38. The number of esters is 1. The van der Waals surface area contributed by atoms with Crippen molar-refractivity contribution in [2.45, 2.75) is 33.3 Å². The molecule has 0 radical (unpaired) electrons. The molecule has 1 aromatic heterocycles. The summed E-state index contributed by atoms with van der Waals surface area (Å²) in [6.45, 7) is 7.24. The van der Waals surface area contributed by atoms with Crippen LogP contribution >= 0.6 is 11.3 Å². The Bertz CT molecular complexity index is 459. The van der Waals surface area contributed by atoms with Gasteiger partial charge in [-0.3, -0.25) is 9.59 Å². The second kappa shape index (κ2) is 9.58. The zero-order valence-corrected chi connectivity index (χ0v) is 14.5. The molecule has 1 unspecified atom stereocenters. The van der Waals surface area contributed by atoms with Crippen molar-refractivity contribution in [2.24, 2.45) is 5.92 Å². The average Bonchev–Trinajstić information content (AvgIpc) is 3.02. The molecule has 0 saturated heterocycles. The molecule has 0 saturated carbocycles. The third-order valence-corrected chi connectivity index (χ3v) is 4.00. The summed E-state index contributed by atoms with van der Waals surface area (Å²) in [7, 11) is 1.36. The number of methoxy groups -OCH3 is 1. The van der Waals surface area contributed by atoms with Crippen LogP contribution in [-0.4, -0.2) is 49.7 Å². The van der Waals surface area contributed by atoms with E-state index in [9.17, 15) is 9.59 Å². The van der Waals surface area contributed by atoms with Gasteiger partial charge in [-0.05, 0) is 31.7 Å². The number of hydrogen-bond donors (Lipinski definition) is 0. The second-order valence-electron chi connectivity index (χ2n) is 5.43. The van der Waals surface area contributed by atoms with E-state index in [1.165, 1.54) is 18.4 Å². The maximum atomic E-state index is 12.5. The van der Waals surface area contributed by atoms with Crippen molar-refractivity contribution in [3.05, 3.63) is 22.4 Å². The Morgan fingerprint density at radius 1 is 1.32 bits per heavy atom. The highest BCUT2D eigenvalue weighted by molar-refractivity contribution is 7.12. The highest BCUT2D eigenvalue weighted by Gasteiger charge is 2.22. The predicted molar refractivity (Wildman–Crippen MR) is 87.1 cm³/mol. The average molecular weight is 327 g/mol. The largest absolute Gasteiger partial charge is 0.469 e. The predicted octanol–water partition coefficient (Wildman–Crippen LogP) is 2.81. The highest BCUT2D eigenvalue weighted by atomic mass is 32.1. The summed E-state index contributed by atoms with van der Waals surface area (Å²) >= 11 is 1.41. The lowest BCUT2D eigenvalue weighted by atomic mass is 10.1. The first-order valence-corrected chi connectivity index (χ1v) is 8.35. The van der Waals surface area contributed by atoms with Crippen LogP contribution in [0.3, 0.4) is 0 Å². The molecule has 22 heavy (non-hydrogen) atoms. The minimum atomic E-state index is -0.347. The molecule has 0 fully saturated rings. The highest BCUT2D eigenvalue weighted by Crippen LogP contribution is 2.14. The van der Waals surface area contributed by atoms with E-state index in [-0.39, 0.29) is 23.9 Å². The van der Waals surface area contributed by atoms with Gasteiger partial charge in [-0.25, -0.2) is 0 Å². The molecule has 6 heteroatoms. The van der Waals surface area contributed by atoms with Crippen molar-refractivity contribution < 1.29 is 19.1 Å². The van der Waals surface area contributed by atoms with Crippen molar-refractivity contribution in [1.82, 2.24) is 4.90 Å². The summed E-state index contributed by atoms with van der Waals surface area (Å²) in [4.78, 5) is 26.5. The Balaban J connectivity index is 2.64. The number of rotatable bonds is 9. The van der Waals surface area contributed by atoms with Crippen LogP contribution in [0, 0.1) is 5.92 Å². The lowest BCUT2D eigenvalue weighted by Gasteiger charge is -2.24. The fraction of sp³-hybridized carbons (Fsp3) is 0.625. The Kier molecular flexibility index (Phi) is 8.12. The van der Waals surface area contributed by atoms with Gasteiger partial charge in [0.05, 0.1) is 24.0 Å². The van der Waals surface area contributed by atoms with Crippen molar-refractivity contribution >= 4 is 23.2 Å². The minimum Gasteiger partial charge on any atom is -0.469 e. The summed E-state index contributed by atoms with van der Waals surface area (Å²) in [6.07, 6.45) is 0.916. The van der Waals surface area contributed by atoms with Gasteiger partial charge in [-0.2, -0.15) is 0 Å². The van der Waals surface area contributed by atoms with E-state index >= 15 is 0 Å². The van der Waals surface area contributed by atoms with E-state index in [1.54, 1.807) is 17.9 Å². The van der Waals surface area contributed by atoms with Crippen LogP contribution in [0.5, 0.6) is 0 Å². The van der Waals surface area contributed by atoms with E-state index in [0.29, 0.717) is 24.6 Å². The molecule has 0 aliphatic heterocycles. The molecule has 1 atom stereocenters. The fourth-order valence-electron chi connectivity index (χ4n) is 2.01. The van der Waals surface area contributed by atoms with Crippen LogP contribution in [0.4, 0.5) is 0 Å². The van der Waals surface area contributed by atoms with Crippen LogP contribution < -0.4 is 0 Å². The minimum absolute atomic E-state index is 0.0460. The molecule has 5 nitrogen and oxygen atoms in total. The monoisotopic (exact) mass is 327 g/mol. The van der Waals surface area contributed by atoms with Crippen LogP contribution in [0.25, 0.3) is 0 Å². The number of thiophene rings is 1. The summed E-state index contributed by atoms with van der Waals surface area (Å²) < 4.78 is 10.3. The standard InChI is InChI=1S/C16H25NO4S/c1-12(2)21-9-6-8-17(11-13(3)16(19)20-4)15(18)14-7-5-10-22-14/h5,7,10,12-13H,6,8-9,11H2,1-4H3. The normalized spacial score (nSPS) is 12.2. The molecule has 1 aromatic rings. The van der Waals surface area contributed by atoms with Gasteiger partial charge in [0, 0.05) is 19.7 Å². The lowest BCUT2D eigenvalue weighted by molar-refractivity contribution is -0.145. The first-order chi connectivity index (χ1) is 10.5. The third kappa shape index (κ3) is 6.15. The number of amides is 1. The second-order valence-corrected chi connectivity index (χ2v) is 6.37. The van der Waals surface area contributed by atoms with Crippen LogP contribution in [0.2, 0.25) is 0 Å². The van der Waals surface area contributed by atoms with E-state index in [2.05, 4.69) is 0 Å². The molecule has 0 aromatic carbocycles. The number of carbonyl (C=O) groups is 2. The maximum absolute atomic E-state index is 12.5. The van der Waals surface area contributed by atoms with Gasteiger partial charge in [0.1, 0.15) is 0 Å². The third-order valence-electron chi connectivity index (χ3n) is 3.14. The summed E-state index contributed by atoms with van der Waals surface area (Å²) in [5, 5.41) is 1.87. The van der Waals surface area contributed by atoms with Gasteiger partial charge < -0.3 is 14.4 Å². The van der Waals surface area contributed by atoms with E-state index in [1.807, 2.05) is 25.3 Å². The molecule has 0 aliphatic rings. The molecular formula is C16H25NO4S. The van der Waals surface area contributed by atoms with Gasteiger partial charge in [-0.15, -0.1) is 11.3 Å². The molecule has 124 valence electrons. The zero-order valence-electron chi connectivity index (χ0n) is 13.7. The Labute approximate surface area is 136 Å². The molecule has 1 amide bonds. The first kappa shape index (κ1) is 18.6. The molecule has 0 N–H and O–H groups in total. The SMILES string of the molecule is COC(=O)C(C)CN(CCCOC(C)C)C(=O)c1cccs1. The number of ether oxygens (including phenoxy) is 2.